The zero-order valence-corrected chi connectivity index (χ0v) is 15.2. The fourth-order valence-electron chi connectivity index (χ4n) is 2.67. The summed E-state index contributed by atoms with van der Waals surface area (Å²) in [4.78, 5) is 20.1. The van der Waals surface area contributed by atoms with Crippen LogP contribution in [0.15, 0.2) is 48.9 Å². The molecule has 0 saturated heterocycles. The number of carbonyl (C=O) groups excluding carboxylic acids is 1. The second-order valence-corrected chi connectivity index (χ2v) is 5.83. The van der Waals surface area contributed by atoms with Crippen LogP contribution in [0.4, 0.5) is 5.95 Å². The minimum Gasteiger partial charge on any atom is -0.483 e. The van der Waals surface area contributed by atoms with Crippen molar-refractivity contribution in [2.24, 2.45) is 0 Å². The third kappa shape index (κ3) is 5.18. The van der Waals surface area contributed by atoms with E-state index < -0.39 is 0 Å². The van der Waals surface area contributed by atoms with Crippen LogP contribution in [0.2, 0.25) is 0 Å². The largest absolute Gasteiger partial charge is 0.483 e. The van der Waals surface area contributed by atoms with Crippen molar-refractivity contribution in [3.63, 3.8) is 0 Å². The highest BCUT2D eigenvalue weighted by molar-refractivity contribution is 5.87. The van der Waals surface area contributed by atoms with Crippen LogP contribution in [0.1, 0.15) is 0 Å². The molecule has 0 radical (unpaired) electrons. The highest BCUT2D eigenvalue weighted by Crippen LogP contribution is 2.26. The molecule has 3 aromatic rings. The van der Waals surface area contributed by atoms with E-state index in [1.807, 2.05) is 30.5 Å². The molecule has 0 atom stereocenters. The lowest BCUT2D eigenvalue weighted by Crippen LogP contribution is -2.32. The third-order valence-corrected chi connectivity index (χ3v) is 3.96. The van der Waals surface area contributed by atoms with E-state index in [2.05, 4.69) is 25.2 Å². The monoisotopic (exact) mass is 369 g/mol. The van der Waals surface area contributed by atoms with Gasteiger partial charge in [0.15, 0.2) is 6.61 Å². The molecule has 2 heterocycles. The molecule has 2 aromatic heterocycles. The van der Waals surface area contributed by atoms with Gasteiger partial charge in [0.25, 0.3) is 5.91 Å². The summed E-state index contributed by atoms with van der Waals surface area (Å²) in [5, 5.41) is 6.80. The van der Waals surface area contributed by atoms with Gasteiger partial charge in [-0.1, -0.05) is 6.07 Å². The van der Waals surface area contributed by atoms with E-state index in [-0.39, 0.29) is 12.5 Å². The summed E-state index contributed by atoms with van der Waals surface area (Å²) >= 11 is 0. The Morgan fingerprint density at radius 2 is 2.00 bits per heavy atom. The Labute approximate surface area is 157 Å². The number of carbonyl (C=O) groups is 1. The van der Waals surface area contributed by atoms with E-state index in [9.17, 15) is 4.79 Å². The average molecular weight is 369 g/mol. The van der Waals surface area contributed by atoms with Gasteiger partial charge in [0.2, 0.25) is 5.95 Å². The minimum absolute atomic E-state index is 0.0375. The van der Waals surface area contributed by atoms with Crippen LogP contribution >= 0.6 is 0 Å². The molecule has 0 spiro atoms. The van der Waals surface area contributed by atoms with Gasteiger partial charge in [0.05, 0.1) is 12.1 Å². The van der Waals surface area contributed by atoms with Gasteiger partial charge in [0, 0.05) is 50.7 Å². The van der Waals surface area contributed by atoms with Crippen LogP contribution in [0.5, 0.6) is 5.75 Å². The third-order valence-electron chi connectivity index (χ3n) is 3.96. The molecule has 0 saturated carbocycles. The first-order chi connectivity index (χ1) is 13.3. The SMILES string of the molecule is COCCn1ccc2c(OCC(=O)NCCNc3ncccn3)cccc21. The molecule has 0 aliphatic heterocycles. The van der Waals surface area contributed by atoms with Crippen molar-refractivity contribution in [2.75, 3.05) is 38.7 Å². The molecular weight excluding hydrogens is 346 g/mol. The van der Waals surface area contributed by atoms with Crippen molar-refractivity contribution in [2.45, 2.75) is 6.54 Å². The number of hydrogen-bond donors (Lipinski definition) is 2. The molecule has 8 heteroatoms. The Morgan fingerprint density at radius 3 is 2.81 bits per heavy atom. The maximum absolute atomic E-state index is 12.0. The van der Waals surface area contributed by atoms with E-state index >= 15 is 0 Å². The lowest BCUT2D eigenvalue weighted by Gasteiger charge is -2.10. The number of nitrogens with one attached hydrogen (secondary N) is 2. The van der Waals surface area contributed by atoms with Gasteiger partial charge in [-0.05, 0) is 24.3 Å². The van der Waals surface area contributed by atoms with Crippen molar-refractivity contribution >= 4 is 22.8 Å². The molecule has 27 heavy (non-hydrogen) atoms. The Bertz CT molecular complexity index is 866. The molecule has 3 rings (SSSR count). The Kier molecular flexibility index (Phi) is 6.59. The van der Waals surface area contributed by atoms with Crippen LogP contribution in [0.25, 0.3) is 10.9 Å². The van der Waals surface area contributed by atoms with E-state index in [4.69, 9.17) is 9.47 Å². The number of amides is 1. The first-order valence-corrected chi connectivity index (χ1v) is 8.75. The van der Waals surface area contributed by atoms with E-state index in [0.29, 0.717) is 31.4 Å². The highest BCUT2D eigenvalue weighted by Gasteiger charge is 2.08. The van der Waals surface area contributed by atoms with Crippen molar-refractivity contribution in [1.29, 1.82) is 0 Å². The van der Waals surface area contributed by atoms with E-state index in [1.54, 1.807) is 25.6 Å². The van der Waals surface area contributed by atoms with Crippen LogP contribution in [0.3, 0.4) is 0 Å². The topological polar surface area (TPSA) is 90.3 Å². The summed E-state index contributed by atoms with van der Waals surface area (Å²) in [6.45, 7) is 2.36. The number of benzene rings is 1. The predicted molar refractivity (Wildman–Crippen MR) is 103 cm³/mol. The zero-order valence-electron chi connectivity index (χ0n) is 15.2. The van der Waals surface area contributed by atoms with Gasteiger partial charge in [-0.25, -0.2) is 9.97 Å². The fraction of sp³-hybridized carbons (Fsp3) is 0.316. The number of nitrogens with zero attached hydrogens (tertiary/aromatic N) is 3. The van der Waals surface area contributed by atoms with Crippen LogP contribution < -0.4 is 15.4 Å². The Hall–Kier alpha value is -3.13. The number of fused-ring (bicyclic) bond motifs is 1. The van der Waals surface area contributed by atoms with Crippen molar-refractivity contribution in [3.8, 4) is 5.75 Å². The highest BCUT2D eigenvalue weighted by atomic mass is 16.5. The molecule has 0 aliphatic carbocycles. The summed E-state index contributed by atoms with van der Waals surface area (Å²) in [6, 6.07) is 9.54. The quantitative estimate of drug-likeness (QED) is 0.529. The Morgan fingerprint density at radius 1 is 1.15 bits per heavy atom. The van der Waals surface area contributed by atoms with Gasteiger partial charge in [-0.2, -0.15) is 0 Å². The second-order valence-electron chi connectivity index (χ2n) is 5.83. The van der Waals surface area contributed by atoms with Crippen LogP contribution in [-0.2, 0) is 16.1 Å². The summed E-state index contributed by atoms with van der Waals surface area (Å²) < 4.78 is 12.9. The van der Waals surface area contributed by atoms with Gasteiger partial charge >= 0.3 is 0 Å². The average Bonchev–Trinajstić information content (AvgIpc) is 3.12. The summed E-state index contributed by atoms with van der Waals surface area (Å²) in [7, 11) is 1.68. The predicted octanol–water partition coefficient (Wildman–Crippen LogP) is 1.68. The van der Waals surface area contributed by atoms with Gasteiger partial charge in [-0.3, -0.25) is 4.79 Å². The smallest absolute Gasteiger partial charge is 0.258 e. The molecule has 1 amide bonds. The molecule has 1 aromatic carbocycles. The number of anilines is 1. The number of hydrogen-bond acceptors (Lipinski definition) is 6. The molecule has 0 unspecified atom stereocenters. The van der Waals surface area contributed by atoms with Crippen LogP contribution in [-0.4, -0.2) is 53.9 Å². The standard InChI is InChI=1S/C19H23N5O3/c1-26-13-12-24-11-6-15-16(24)4-2-5-17(15)27-14-18(25)20-9-10-23-19-21-7-3-8-22-19/h2-8,11H,9-10,12-14H2,1H3,(H,20,25)(H,21,22,23). The summed E-state index contributed by atoms with van der Waals surface area (Å²) in [6.07, 6.45) is 5.31. The number of aromatic nitrogens is 3. The molecule has 2 N–H and O–H groups in total. The normalized spacial score (nSPS) is 10.7. The lowest BCUT2D eigenvalue weighted by molar-refractivity contribution is -0.122. The van der Waals surface area contributed by atoms with Gasteiger partial charge < -0.3 is 24.7 Å². The van der Waals surface area contributed by atoms with Gasteiger partial charge in [-0.15, -0.1) is 0 Å². The lowest BCUT2D eigenvalue weighted by atomic mass is 10.2. The second kappa shape index (κ2) is 9.54. The first-order valence-electron chi connectivity index (χ1n) is 8.75. The maximum atomic E-state index is 12.0. The van der Waals surface area contributed by atoms with Crippen molar-refractivity contribution < 1.29 is 14.3 Å². The molecule has 0 bridgehead atoms. The maximum Gasteiger partial charge on any atom is 0.258 e. The van der Waals surface area contributed by atoms with E-state index in [0.717, 1.165) is 17.4 Å². The summed E-state index contributed by atoms with van der Waals surface area (Å²) in [5.41, 5.74) is 1.05. The van der Waals surface area contributed by atoms with Crippen molar-refractivity contribution in [3.05, 3.63) is 48.9 Å². The molecule has 8 nitrogen and oxygen atoms in total. The number of rotatable bonds is 10. The molecular formula is C19H23N5O3. The zero-order chi connectivity index (χ0) is 18.9. The van der Waals surface area contributed by atoms with Gasteiger partial charge in [0.1, 0.15) is 5.75 Å². The fourth-order valence-corrected chi connectivity index (χ4v) is 2.67. The minimum atomic E-state index is -0.179. The molecule has 142 valence electrons. The summed E-state index contributed by atoms with van der Waals surface area (Å²) in [5.74, 6) is 1.05. The van der Waals surface area contributed by atoms with Crippen LogP contribution in [0, 0.1) is 0 Å². The van der Waals surface area contributed by atoms with Crippen molar-refractivity contribution in [1.82, 2.24) is 19.9 Å². The molecule has 0 fully saturated rings. The number of ether oxygens (including phenoxy) is 2. The number of methoxy groups -OCH3 is 1. The molecule has 0 aliphatic rings. The van der Waals surface area contributed by atoms with E-state index in [1.165, 1.54) is 0 Å². The Balaban J connectivity index is 1.46. The first kappa shape index (κ1) is 18.7.